The first kappa shape index (κ1) is 16.6. The second-order valence-corrected chi connectivity index (χ2v) is 5.92. The minimum absolute atomic E-state index is 0.0793. The summed E-state index contributed by atoms with van der Waals surface area (Å²) in [6.45, 7) is 1.71. The van der Waals surface area contributed by atoms with E-state index in [0.717, 1.165) is 12.1 Å². The van der Waals surface area contributed by atoms with E-state index in [1.165, 1.54) is 12.1 Å². The molecule has 0 saturated heterocycles. The van der Waals surface area contributed by atoms with Crippen LogP contribution in [0.15, 0.2) is 24.3 Å². The van der Waals surface area contributed by atoms with Gasteiger partial charge < -0.3 is 9.47 Å². The van der Waals surface area contributed by atoms with Crippen molar-refractivity contribution in [2.24, 2.45) is 11.1 Å². The number of alkyl halides is 3. The number of hydrogen-bond donors (Lipinski definition) is 1. The predicted molar refractivity (Wildman–Crippen MR) is 65.8 cm³/mol. The van der Waals surface area contributed by atoms with Crippen LogP contribution in [0.4, 0.5) is 13.2 Å². The first-order valence-corrected chi connectivity index (χ1v) is 7.26. The molecule has 1 rings (SSSR count). The van der Waals surface area contributed by atoms with E-state index < -0.39 is 16.4 Å². The van der Waals surface area contributed by atoms with Gasteiger partial charge in [-0.05, 0) is 24.3 Å². The summed E-state index contributed by atoms with van der Waals surface area (Å²) >= 11 is 0. The summed E-state index contributed by atoms with van der Waals surface area (Å²) in [6.07, 6.45) is -4.74. The van der Waals surface area contributed by atoms with Gasteiger partial charge in [0.2, 0.25) is 10.0 Å². The number of rotatable bonds is 6. The van der Waals surface area contributed by atoms with E-state index in [-0.39, 0.29) is 24.0 Å². The van der Waals surface area contributed by atoms with Crippen LogP contribution < -0.4 is 14.6 Å². The van der Waals surface area contributed by atoms with E-state index >= 15 is 0 Å². The van der Waals surface area contributed by atoms with Gasteiger partial charge in [0.1, 0.15) is 11.5 Å². The third-order valence-corrected chi connectivity index (χ3v) is 3.14. The van der Waals surface area contributed by atoms with Crippen LogP contribution in [0, 0.1) is 5.92 Å². The third kappa shape index (κ3) is 7.19. The summed E-state index contributed by atoms with van der Waals surface area (Å²) in [5.41, 5.74) is 0. The Morgan fingerprint density at radius 3 is 2.15 bits per heavy atom. The van der Waals surface area contributed by atoms with Gasteiger partial charge >= 0.3 is 6.36 Å². The summed E-state index contributed by atoms with van der Waals surface area (Å²) in [5, 5.41) is 4.88. The summed E-state index contributed by atoms with van der Waals surface area (Å²) < 4.78 is 66.4. The van der Waals surface area contributed by atoms with Crippen molar-refractivity contribution in [3.8, 4) is 11.5 Å². The minimum Gasteiger partial charge on any atom is -0.493 e. The molecule has 0 amide bonds. The molecule has 0 spiro atoms. The van der Waals surface area contributed by atoms with Crippen molar-refractivity contribution < 1.29 is 31.1 Å². The number of nitrogens with two attached hydrogens (primary N) is 1. The number of primary sulfonamides is 1. The predicted octanol–water partition coefficient (Wildman–Crippen LogP) is 1.89. The van der Waals surface area contributed by atoms with Gasteiger partial charge in [0.05, 0.1) is 12.4 Å². The number of benzene rings is 1. The molecule has 0 aliphatic rings. The van der Waals surface area contributed by atoms with Gasteiger partial charge in [-0.25, -0.2) is 13.6 Å². The number of hydrogen-bond acceptors (Lipinski definition) is 4. The Labute approximate surface area is 114 Å². The second kappa shape index (κ2) is 6.31. The summed E-state index contributed by atoms with van der Waals surface area (Å²) in [6, 6.07) is 4.80. The lowest BCUT2D eigenvalue weighted by atomic mass is 10.2. The van der Waals surface area contributed by atoms with Gasteiger partial charge in [-0.3, -0.25) is 0 Å². The molecule has 1 atom stereocenters. The maximum absolute atomic E-state index is 11.9. The molecular weight excluding hydrogens is 299 g/mol. The zero-order valence-electron chi connectivity index (χ0n) is 10.6. The largest absolute Gasteiger partial charge is 0.573 e. The number of ether oxygens (including phenoxy) is 2. The highest BCUT2D eigenvalue weighted by atomic mass is 32.2. The molecule has 0 aliphatic heterocycles. The fraction of sp³-hybridized carbons (Fsp3) is 0.455. The molecule has 114 valence electrons. The molecule has 1 aromatic carbocycles. The van der Waals surface area contributed by atoms with Gasteiger partial charge in [-0.2, -0.15) is 0 Å². The van der Waals surface area contributed by atoms with E-state index in [2.05, 4.69) is 4.74 Å². The average Bonchev–Trinajstić information content (AvgIpc) is 2.23. The average molecular weight is 313 g/mol. The zero-order valence-corrected chi connectivity index (χ0v) is 11.4. The van der Waals surface area contributed by atoms with Crippen molar-refractivity contribution in [3.63, 3.8) is 0 Å². The van der Waals surface area contributed by atoms with Crippen LogP contribution in [0.5, 0.6) is 11.5 Å². The van der Waals surface area contributed by atoms with Crippen molar-refractivity contribution in [1.29, 1.82) is 0 Å². The van der Waals surface area contributed by atoms with E-state index in [1.807, 2.05) is 0 Å². The Kier molecular flexibility index (Phi) is 5.23. The SMILES string of the molecule is CC(COc1ccc(OC(F)(F)F)cc1)CS(N)(=O)=O. The topological polar surface area (TPSA) is 78.6 Å². The van der Waals surface area contributed by atoms with E-state index in [4.69, 9.17) is 9.88 Å². The van der Waals surface area contributed by atoms with Crippen LogP contribution in [-0.4, -0.2) is 27.1 Å². The van der Waals surface area contributed by atoms with Crippen LogP contribution in [0.1, 0.15) is 6.92 Å². The molecule has 1 unspecified atom stereocenters. The van der Waals surface area contributed by atoms with Crippen molar-refractivity contribution >= 4 is 10.0 Å². The highest BCUT2D eigenvalue weighted by molar-refractivity contribution is 7.89. The molecule has 2 N–H and O–H groups in total. The summed E-state index contributed by atoms with van der Waals surface area (Å²) in [4.78, 5) is 0. The zero-order chi connectivity index (χ0) is 15.4. The van der Waals surface area contributed by atoms with Crippen molar-refractivity contribution in [2.45, 2.75) is 13.3 Å². The van der Waals surface area contributed by atoms with Crippen molar-refractivity contribution in [3.05, 3.63) is 24.3 Å². The number of halogens is 3. The second-order valence-electron chi connectivity index (χ2n) is 4.26. The molecule has 0 fully saturated rings. The molecule has 0 bridgehead atoms. The minimum atomic E-state index is -4.74. The first-order chi connectivity index (χ1) is 9.05. The molecule has 9 heteroatoms. The highest BCUT2D eigenvalue weighted by Crippen LogP contribution is 2.24. The first-order valence-electron chi connectivity index (χ1n) is 5.54. The Balaban J connectivity index is 2.50. The normalized spacial score (nSPS) is 13.8. The molecule has 0 radical (unpaired) electrons. The molecule has 1 aromatic rings. The fourth-order valence-electron chi connectivity index (χ4n) is 1.42. The highest BCUT2D eigenvalue weighted by Gasteiger charge is 2.30. The van der Waals surface area contributed by atoms with Crippen molar-refractivity contribution in [1.82, 2.24) is 0 Å². The molecule has 20 heavy (non-hydrogen) atoms. The Hall–Kier alpha value is -1.48. The van der Waals surface area contributed by atoms with Crippen LogP contribution in [-0.2, 0) is 10.0 Å². The van der Waals surface area contributed by atoms with Crippen molar-refractivity contribution in [2.75, 3.05) is 12.4 Å². The lowest BCUT2D eigenvalue weighted by Gasteiger charge is -2.13. The molecular formula is C11H14F3NO4S. The standard InChI is InChI=1S/C11H14F3NO4S/c1-8(7-20(15,16)17)6-18-9-2-4-10(5-3-9)19-11(12,13)14/h2-5,8H,6-7H2,1H3,(H2,15,16,17). The molecule has 5 nitrogen and oxygen atoms in total. The number of sulfonamides is 1. The third-order valence-electron chi connectivity index (χ3n) is 2.11. The smallest absolute Gasteiger partial charge is 0.493 e. The summed E-state index contributed by atoms with van der Waals surface area (Å²) in [7, 11) is -3.58. The van der Waals surface area contributed by atoms with Gasteiger partial charge in [0.25, 0.3) is 0 Å². The molecule has 0 saturated carbocycles. The molecule has 0 aromatic heterocycles. The Morgan fingerprint density at radius 1 is 1.20 bits per heavy atom. The molecule has 0 heterocycles. The lowest BCUT2D eigenvalue weighted by molar-refractivity contribution is -0.274. The van der Waals surface area contributed by atoms with Crippen LogP contribution >= 0.6 is 0 Å². The van der Waals surface area contributed by atoms with Gasteiger partial charge in [0.15, 0.2) is 0 Å². The van der Waals surface area contributed by atoms with Crippen LogP contribution in [0.2, 0.25) is 0 Å². The van der Waals surface area contributed by atoms with Gasteiger partial charge in [-0.15, -0.1) is 13.2 Å². The van der Waals surface area contributed by atoms with Gasteiger partial charge in [0, 0.05) is 5.92 Å². The monoisotopic (exact) mass is 313 g/mol. The maximum atomic E-state index is 11.9. The quantitative estimate of drug-likeness (QED) is 0.870. The van der Waals surface area contributed by atoms with Crippen LogP contribution in [0.3, 0.4) is 0 Å². The van der Waals surface area contributed by atoms with E-state index in [0.29, 0.717) is 5.75 Å². The Bertz CT molecular complexity index is 528. The molecule has 0 aliphatic carbocycles. The fourth-order valence-corrected chi connectivity index (χ4v) is 2.31. The lowest BCUT2D eigenvalue weighted by Crippen LogP contribution is -2.25. The van der Waals surface area contributed by atoms with E-state index in [1.54, 1.807) is 6.92 Å². The Morgan fingerprint density at radius 2 is 1.70 bits per heavy atom. The summed E-state index contributed by atoms with van der Waals surface area (Å²) in [5.74, 6) is -0.623. The van der Waals surface area contributed by atoms with Crippen LogP contribution in [0.25, 0.3) is 0 Å². The maximum Gasteiger partial charge on any atom is 0.573 e. The van der Waals surface area contributed by atoms with E-state index in [9.17, 15) is 21.6 Å². The van der Waals surface area contributed by atoms with Gasteiger partial charge in [-0.1, -0.05) is 6.92 Å².